The smallest absolute Gasteiger partial charge is 0.337 e. The van der Waals surface area contributed by atoms with Crippen LogP contribution in [-0.2, 0) is 5.33 Å². The van der Waals surface area contributed by atoms with Crippen LogP contribution in [0.3, 0.4) is 0 Å². The zero-order valence-corrected chi connectivity index (χ0v) is 7.84. The van der Waals surface area contributed by atoms with Crippen LogP contribution in [0.4, 0.5) is 5.69 Å². The van der Waals surface area contributed by atoms with Crippen molar-refractivity contribution in [2.24, 2.45) is 0 Å². The summed E-state index contributed by atoms with van der Waals surface area (Å²) in [5.41, 5.74) is 6.88. The maximum Gasteiger partial charge on any atom is 0.337 e. The predicted molar refractivity (Wildman–Crippen MR) is 50.4 cm³/mol. The third-order valence-corrected chi connectivity index (χ3v) is 2.17. The minimum absolute atomic E-state index is 0.159. The van der Waals surface area contributed by atoms with E-state index in [9.17, 15) is 4.79 Å². The Balaban J connectivity index is 3.23. The monoisotopic (exact) mass is 229 g/mol. The van der Waals surface area contributed by atoms with Crippen molar-refractivity contribution in [1.82, 2.24) is 0 Å². The first kappa shape index (κ1) is 9.06. The normalized spacial score (nSPS) is 9.75. The molecule has 1 aromatic rings. The Hall–Kier alpha value is -1.03. The van der Waals surface area contributed by atoms with Gasteiger partial charge < -0.3 is 10.8 Å². The molecule has 0 aromatic heterocycles. The molecule has 3 N–H and O–H groups in total. The molecule has 0 heterocycles. The third kappa shape index (κ3) is 1.58. The van der Waals surface area contributed by atoms with Gasteiger partial charge in [-0.3, -0.25) is 0 Å². The van der Waals surface area contributed by atoms with Crippen LogP contribution in [0.5, 0.6) is 0 Å². The van der Waals surface area contributed by atoms with Gasteiger partial charge in [-0.1, -0.05) is 28.1 Å². The number of para-hydroxylation sites is 1. The first-order valence-electron chi connectivity index (χ1n) is 3.33. The topological polar surface area (TPSA) is 63.3 Å². The zero-order chi connectivity index (χ0) is 9.14. The first-order valence-corrected chi connectivity index (χ1v) is 4.45. The minimum Gasteiger partial charge on any atom is -0.478 e. The molecule has 0 aliphatic carbocycles. The van der Waals surface area contributed by atoms with Gasteiger partial charge in [0.05, 0.1) is 11.3 Å². The summed E-state index contributed by atoms with van der Waals surface area (Å²) in [5.74, 6) is -0.990. The summed E-state index contributed by atoms with van der Waals surface area (Å²) in [5, 5.41) is 9.26. The van der Waals surface area contributed by atoms with E-state index < -0.39 is 5.97 Å². The fourth-order valence-corrected chi connectivity index (χ4v) is 1.41. The van der Waals surface area contributed by atoms with Crippen LogP contribution >= 0.6 is 15.9 Å². The summed E-state index contributed by atoms with van der Waals surface area (Å²) in [6.45, 7) is 0. The summed E-state index contributed by atoms with van der Waals surface area (Å²) in [4.78, 5) is 10.6. The van der Waals surface area contributed by atoms with Gasteiger partial charge in [0.15, 0.2) is 0 Å². The van der Waals surface area contributed by atoms with E-state index in [0.29, 0.717) is 11.0 Å². The molecule has 0 saturated carbocycles. The first-order chi connectivity index (χ1) is 5.66. The molecule has 0 spiro atoms. The maximum atomic E-state index is 10.6. The Morgan fingerprint density at radius 1 is 1.58 bits per heavy atom. The molecular formula is C8H8BrNO2. The lowest BCUT2D eigenvalue weighted by molar-refractivity contribution is 0.0698. The van der Waals surface area contributed by atoms with E-state index in [1.165, 1.54) is 6.07 Å². The van der Waals surface area contributed by atoms with E-state index in [0.717, 1.165) is 5.56 Å². The number of benzene rings is 1. The lowest BCUT2D eigenvalue weighted by atomic mass is 10.1. The molecule has 0 fully saturated rings. The molecule has 0 aliphatic rings. The highest BCUT2D eigenvalue weighted by Crippen LogP contribution is 2.19. The SMILES string of the molecule is Nc1c(CBr)cccc1C(=O)O. The van der Waals surface area contributed by atoms with Crippen LogP contribution in [0.2, 0.25) is 0 Å². The number of aromatic carboxylic acids is 1. The molecule has 12 heavy (non-hydrogen) atoms. The van der Waals surface area contributed by atoms with Crippen molar-refractivity contribution >= 4 is 27.6 Å². The highest BCUT2D eigenvalue weighted by Gasteiger charge is 2.09. The summed E-state index contributed by atoms with van der Waals surface area (Å²) >= 11 is 3.22. The van der Waals surface area contributed by atoms with E-state index in [4.69, 9.17) is 10.8 Å². The molecule has 0 bridgehead atoms. The van der Waals surface area contributed by atoms with Gasteiger partial charge in [-0.25, -0.2) is 4.79 Å². The molecule has 0 unspecified atom stereocenters. The van der Waals surface area contributed by atoms with E-state index in [2.05, 4.69) is 15.9 Å². The molecule has 0 amide bonds. The lowest BCUT2D eigenvalue weighted by Gasteiger charge is -2.04. The molecule has 3 nitrogen and oxygen atoms in total. The van der Waals surface area contributed by atoms with Gasteiger partial charge in [-0.05, 0) is 11.6 Å². The molecular weight excluding hydrogens is 222 g/mol. The maximum absolute atomic E-state index is 10.6. The van der Waals surface area contributed by atoms with Crippen molar-refractivity contribution in [3.8, 4) is 0 Å². The Labute approximate surface area is 78.3 Å². The number of carbonyl (C=O) groups is 1. The summed E-state index contributed by atoms with van der Waals surface area (Å²) in [7, 11) is 0. The second-order valence-corrected chi connectivity index (χ2v) is 2.88. The third-order valence-electron chi connectivity index (χ3n) is 1.57. The van der Waals surface area contributed by atoms with Crippen molar-refractivity contribution in [2.45, 2.75) is 5.33 Å². The molecule has 0 aliphatic heterocycles. The Morgan fingerprint density at radius 3 is 2.75 bits per heavy atom. The van der Waals surface area contributed by atoms with Crippen LogP contribution in [0, 0.1) is 0 Å². The molecule has 4 heteroatoms. The summed E-state index contributed by atoms with van der Waals surface area (Å²) < 4.78 is 0. The lowest BCUT2D eigenvalue weighted by Crippen LogP contribution is -2.04. The number of nitrogens with two attached hydrogens (primary N) is 1. The molecule has 64 valence electrons. The molecule has 1 aromatic carbocycles. The van der Waals surface area contributed by atoms with Crippen molar-refractivity contribution in [3.63, 3.8) is 0 Å². The number of nitrogen functional groups attached to an aromatic ring is 1. The van der Waals surface area contributed by atoms with Gasteiger partial charge >= 0.3 is 5.97 Å². The van der Waals surface area contributed by atoms with Gasteiger partial charge in [0.1, 0.15) is 0 Å². The largest absolute Gasteiger partial charge is 0.478 e. The standard InChI is InChI=1S/C8H8BrNO2/c9-4-5-2-1-3-6(7(5)10)8(11)12/h1-3H,4,10H2,(H,11,12). The number of alkyl halides is 1. The van der Waals surface area contributed by atoms with Crippen LogP contribution in [0.1, 0.15) is 15.9 Å². The number of hydrogen-bond donors (Lipinski definition) is 2. The summed E-state index contributed by atoms with van der Waals surface area (Å²) in [6, 6.07) is 4.96. The van der Waals surface area contributed by atoms with Crippen LogP contribution in [0.25, 0.3) is 0 Å². The average Bonchev–Trinajstić information content (AvgIpc) is 2.04. The quantitative estimate of drug-likeness (QED) is 0.602. The number of anilines is 1. The van der Waals surface area contributed by atoms with Gasteiger partial charge in [0, 0.05) is 5.33 Å². The van der Waals surface area contributed by atoms with Crippen molar-refractivity contribution in [3.05, 3.63) is 29.3 Å². The number of rotatable bonds is 2. The fourth-order valence-electron chi connectivity index (χ4n) is 0.916. The van der Waals surface area contributed by atoms with Crippen LogP contribution < -0.4 is 5.73 Å². The molecule has 0 radical (unpaired) electrons. The summed E-state index contributed by atoms with van der Waals surface area (Å²) in [6.07, 6.45) is 0. The highest BCUT2D eigenvalue weighted by molar-refractivity contribution is 9.08. The zero-order valence-electron chi connectivity index (χ0n) is 6.25. The van der Waals surface area contributed by atoms with E-state index >= 15 is 0 Å². The van der Waals surface area contributed by atoms with Gasteiger partial charge in [0.2, 0.25) is 0 Å². The van der Waals surface area contributed by atoms with Gasteiger partial charge in [0.25, 0.3) is 0 Å². The van der Waals surface area contributed by atoms with Crippen molar-refractivity contribution < 1.29 is 9.90 Å². The Bertz CT molecular complexity index is 312. The second-order valence-electron chi connectivity index (χ2n) is 2.32. The number of hydrogen-bond acceptors (Lipinski definition) is 2. The number of halogens is 1. The van der Waals surface area contributed by atoms with Crippen molar-refractivity contribution in [1.29, 1.82) is 0 Å². The molecule has 0 saturated heterocycles. The number of carboxylic acid groups (broad SMARTS) is 1. The van der Waals surface area contributed by atoms with E-state index in [1.54, 1.807) is 12.1 Å². The Morgan fingerprint density at radius 2 is 2.25 bits per heavy atom. The van der Waals surface area contributed by atoms with E-state index in [1.807, 2.05) is 0 Å². The fraction of sp³-hybridized carbons (Fsp3) is 0.125. The van der Waals surface area contributed by atoms with E-state index in [-0.39, 0.29) is 5.56 Å². The molecule has 1 rings (SSSR count). The Kier molecular flexibility index (Phi) is 2.70. The second kappa shape index (κ2) is 3.58. The number of carboxylic acids is 1. The highest BCUT2D eigenvalue weighted by atomic mass is 79.9. The predicted octanol–water partition coefficient (Wildman–Crippen LogP) is 1.86. The van der Waals surface area contributed by atoms with Crippen LogP contribution in [-0.4, -0.2) is 11.1 Å². The average molecular weight is 230 g/mol. The molecule has 0 atom stereocenters. The van der Waals surface area contributed by atoms with Crippen molar-refractivity contribution in [2.75, 3.05) is 5.73 Å². The van der Waals surface area contributed by atoms with Gasteiger partial charge in [-0.15, -0.1) is 0 Å². The minimum atomic E-state index is -0.990. The van der Waals surface area contributed by atoms with Crippen LogP contribution in [0.15, 0.2) is 18.2 Å². The van der Waals surface area contributed by atoms with Gasteiger partial charge in [-0.2, -0.15) is 0 Å².